The maximum Gasteiger partial charge on any atom is 0.271 e. The number of amides is 1. The van der Waals surface area contributed by atoms with Crippen molar-refractivity contribution >= 4 is 17.4 Å². The highest BCUT2D eigenvalue weighted by Crippen LogP contribution is 2.38. The number of aromatic amines is 1. The largest absolute Gasteiger partial charge is 0.354 e. The van der Waals surface area contributed by atoms with Crippen molar-refractivity contribution in [2.75, 3.05) is 24.5 Å². The van der Waals surface area contributed by atoms with Crippen LogP contribution in [0.15, 0.2) is 18.2 Å². The standard InChI is InChI=1S/C20H26N8O/c1-20(2,3)15-8-14(22-23-15)19(29)21-9-12-10-27(11-12)17-7-6-16-24-25-18(13-4-5-13)28(16)26-17/h6-8,12-13H,4-5,9-11H2,1-3H3,(H,21,29)(H,22,23). The maximum absolute atomic E-state index is 12.4. The lowest BCUT2D eigenvalue weighted by Gasteiger charge is -2.40. The Balaban J connectivity index is 1.16. The highest BCUT2D eigenvalue weighted by atomic mass is 16.1. The summed E-state index contributed by atoms with van der Waals surface area (Å²) < 4.78 is 1.88. The molecule has 9 nitrogen and oxygen atoms in total. The van der Waals surface area contributed by atoms with E-state index >= 15 is 0 Å². The van der Waals surface area contributed by atoms with Gasteiger partial charge >= 0.3 is 0 Å². The number of H-pyrrole nitrogens is 1. The Morgan fingerprint density at radius 2 is 2.03 bits per heavy atom. The van der Waals surface area contributed by atoms with Crippen LogP contribution < -0.4 is 10.2 Å². The number of anilines is 1. The summed E-state index contributed by atoms with van der Waals surface area (Å²) in [7, 11) is 0. The molecule has 0 radical (unpaired) electrons. The topological polar surface area (TPSA) is 104 Å². The second kappa shape index (κ2) is 6.53. The number of carbonyl (C=O) groups excluding carboxylic acids is 1. The van der Waals surface area contributed by atoms with Gasteiger partial charge in [-0.3, -0.25) is 9.89 Å². The predicted octanol–water partition coefficient (Wildman–Crippen LogP) is 1.89. The van der Waals surface area contributed by atoms with Crippen molar-refractivity contribution in [1.29, 1.82) is 0 Å². The minimum absolute atomic E-state index is 0.0573. The Bertz CT molecular complexity index is 1050. The molecular weight excluding hydrogens is 368 g/mol. The number of nitrogens with zero attached hydrogens (tertiary/aromatic N) is 6. The normalized spacial score (nSPS) is 17.6. The molecule has 2 aliphatic rings. The van der Waals surface area contributed by atoms with Crippen LogP contribution in [0.2, 0.25) is 0 Å². The van der Waals surface area contributed by atoms with Crippen molar-refractivity contribution < 1.29 is 4.79 Å². The highest BCUT2D eigenvalue weighted by Gasteiger charge is 2.31. The lowest BCUT2D eigenvalue weighted by atomic mass is 9.92. The molecule has 1 saturated carbocycles. The minimum atomic E-state index is -0.131. The van der Waals surface area contributed by atoms with Crippen molar-refractivity contribution in [3.05, 3.63) is 35.4 Å². The van der Waals surface area contributed by atoms with Gasteiger partial charge < -0.3 is 10.2 Å². The summed E-state index contributed by atoms with van der Waals surface area (Å²) in [5.74, 6) is 2.69. The average Bonchev–Trinajstić information content (AvgIpc) is 3.19. The van der Waals surface area contributed by atoms with E-state index in [1.54, 1.807) is 0 Å². The average molecular weight is 394 g/mol. The van der Waals surface area contributed by atoms with Crippen LogP contribution in [0.1, 0.15) is 61.5 Å². The Labute approximate surface area is 168 Å². The molecule has 2 N–H and O–H groups in total. The van der Waals surface area contributed by atoms with Crippen molar-refractivity contribution in [1.82, 2.24) is 35.3 Å². The van der Waals surface area contributed by atoms with Gasteiger partial charge in [-0.05, 0) is 31.0 Å². The van der Waals surface area contributed by atoms with Crippen LogP contribution in [0.25, 0.3) is 5.65 Å². The van der Waals surface area contributed by atoms with Gasteiger partial charge in [0.25, 0.3) is 5.91 Å². The molecule has 1 aliphatic carbocycles. The van der Waals surface area contributed by atoms with Gasteiger partial charge in [0.15, 0.2) is 11.5 Å². The number of hydrogen-bond acceptors (Lipinski definition) is 6. The summed E-state index contributed by atoms with van der Waals surface area (Å²) in [6.45, 7) is 8.63. The van der Waals surface area contributed by atoms with Gasteiger partial charge in [-0.1, -0.05) is 20.8 Å². The van der Waals surface area contributed by atoms with Gasteiger partial charge in [-0.2, -0.15) is 9.61 Å². The zero-order valence-corrected chi connectivity index (χ0v) is 17.0. The smallest absolute Gasteiger partial charge is 0.271 e. The molecule has 0 unspecified atom stereocenters. The Morgan fingerprint density at radius 3 is 2.72 bits per heavy atom. The molecule has 2 fully saturated rings. The summed E-state index contributed by atoms with van der Waals surface area (Å²) >= 11 is 0. The van der Waals surface area contributed by atoms with Gasteiger partial charge in [0.2, 0.25) is 0 Å². The first-order valence-corrected chi connectivity index (χ1v) is 10.2. The predicted molar refractivity (Wildman–Crippen MR) is 108 cm³/mol. The molecule has 5 rings (SSSR count). The molecule has 1 saturated heterocycles. The van der Waals surface area contributed by atoms with Crippen LogP contribution >= 0.6 is 0 Å². The van der Waals surface area contributed by atoms with Crippen molar-refractivity contribution in [3.63, 3.8) is 0 Å². The first-order valence-electron chi connectivity index (χ1n) is 10.2. The number of rotatable bonds is 5. The van der Waals surface area contributed by atoms with E-state index in [1.165, 1.54) is 12.8 Å². The Morgan fingerprint density at radius 1 is 1.24 bits per heavy atom. The number of carbonyl (C=O) groups is 1. The summed E-state index contributed by atoms with van der Waals surface area (Å²) in [6, 6.07) is 5.80. The van der Waals surface area contributed by atoms with Crippen LogP contribution in [-0.4, -0.2) is 55.6 Å². The third kappa shape index (κ3) is 3.45. The van der Waals surface area contributed by atoms with Crippen molar-refractivity contribution in [3.8, 4) is 0 Å². The Hall–Kier alpha value is -2.97. The quantitative estimate of drug-likeness (QED) is 0.685. The lowest BCUT2D eigenvalue weighted by molar-refractivity contribution is 0.0939. The zero-order chi connectivity index (χ0) is 20.2. The number of hydrogen-bond donors (Lipinski definition) is 2. The van der Waals surface area contributed by atoms with E-state index in [1.807, 2.05) is 22.7 Å². The summed E-state index contributed by atoms with van der Waals surface area (Å²) in [6.07, 6.45) is 2.34. The van der Waals surface area contributed by atoms with Gasteiger partial charge in [-0.15, -0.1) is 15.3 Å². The van der Waals surface area contributed by atoms with E-state index in [9.17, 15) is 4.79 Å². The SMILES string of the molecule is CC(C)(C)c1cc(C(=O)NCC2CN(c3ccc4nnc(C5CC5)n4n3)C2)n[nH]1. The van der Waals surface area contributed by atoms with Crippen LogP contribution in [0.5, 0.6) is 0 Å². The molecule has 0 atom stereocenters. The second-order valence-electron chi connectivity index (χ2n) is 9.19. The molecule has 152 valence electrons. The van der Waals surface area contributed by atoms with Crippen molar-refractivity contribution in [2.45, 2.75) is 44.9 Å². The minimum Gasteiger partial charge on any atom is -0.354 e. The third-order valence-electron chi connectivity index (χ3n) is 5.67. The third-order valence-corrected chi connectivity index (χ3v) is 5.67. The summed E-state index contributed by atoms with van der Waals surface area (Å²) in [5.41, 5.74) is 2.14. The van der Waals surface area contributed by atoms with Crippen LogP contribution in [0.4, 0.5) is 5.82 Å². The van der Waals surface area contributed by atoms with E-state index in [0.717, 1.165) is 36.1 Å². The van der Waals surface area contributed by atoms with Crippen LogP contribution in [0.3, 0.4) is 0 Å². The molecular formula is C20H26N8O. The summed E-state index contributed by atoms with van der Waals surface area (Å²) in [4.78, 5) is 14.6. The molecule has 3 aromatic heterocycles. The molecule has 4 heterocycles. The number of fused-ring (bicyclic) bond motifs is 1. The van der Waals surface area contributed by atoms with Gasteiger partial charge in [0.1, 0.15) is 11.5 Å². The second-order valence-corrected chi connectivity index (χ2v) is 9.19. The fourth-order valence-electron chi connectivity index (χ4n) is 3.60. The molecule has 9 heteroatoms. The van der Waals surface area contributed by atoms with E-state index in [2.05, 4.69) is 51.4 Å². The van der Waals surface area contributed by atoms with Crippen LogP contribution in [0, 0.1) is 5.92 Å². The fraction of sp³-hybridized carbons (Fsp3) is 0.550. The molecule has 3 aromatic rings. The molecule has 1 amide bonds. The molecule has 0 aromatic carbocycles. The molecule has 29 heavy (non-hydrogen) atoms. The highest BCUT2D eigenvalue weighted by molar-refractivity contribution is 5.92. The van der Waals surface area contributed by atoms with E-state index < -0.39 is 0 Å². The fourth-order valence-corrected chi connectivity index (χ4v) is 3.60. The summed E-state index contributed by atoms with van der Waals surface area (Å²) in [5, 5.41) is 23.3. The zero-order valence-electron chi connectivity index (χ0n) is 17.0. The van der Waals surface area contributed by atoms with Gasteiger partial charge in [0, 0.05) is 42.6 Å². The first kappa shape index (κ1) is 18.1. The Kier molecular flexibility index (Phi) is 4.07. The maximum atomic E-state index is 12.4. The molecule has 0 spiro atoms. The number of aromatic nitrogens is 6. The van der Waals surface area contributed by atoms with E-state index in [4.69, 9.17) is 5.10 Å². The first-order chi connectivity index (χ1) is 13.9. The van der Waals surface area contributed by atoms with Crippen LogP contribution in [-0.2, 0) is 5.41 Å². The van der Waals surface area contributed by atoms with Crippen molar-refractivity contribution in [2.24, 2.45) is 5.92 Å². The van der Waals surface area contributed by atoms with E-state index in [-0.39, 0.29) is 11.3 Å². The monoisotopic (exact) mass is 394 g/mol. The molecule has 0 bridgehead atoms. The number of nitrogens with one attached hydrogen (secondary N) is 2. The van der Waals surface area contributed by atoms with Gasteiger partial charge in [-0.25, -0.2) is 0 Å². The molecule has 1 aliphatic heterocycles. The van der Waals surface area contributed by atoms with Gasteiger partial charge in [0.05, 0.1) is 0 Å². The van der Waals surface area contributed by atoms with E-state index in [0.29, 0.717) is 24.1 Å². The lowest BCUT2D eigenvalue weighted by Crippen LogP contribution is -2.52.